The van der Waals surface area contributed by atoms with Crippen molar-refractivity contribution in [1.29, 1.82) is 0 Å². The van der Waals surface area contributed by atoms with Gasteiger partial charge in [-0.3, -0.25) is 9.80 Å². The quantitative estimate of drug-likeness (QED) is 0.473. The van der Waals surface area contributed by atoms with E-state index in [9.17, 15) is 34.8 Å². The van der Waals surface area contributed by atoms with Gasteiger partial charge < -0.3 is 10.2 Å². The van der Waals surface area contributed by atoms with Crippen LogP contribution < -0.4 is 0 Å². The highest BCUT2D eigenvalue weighted by Crippen LogP contribution is 2.38. The molecule has 0 bridgehead atoms. The second-order valence-corrected chi connectivity index (χ2v) is 12.2. The Morgan fingerprint density at radius 3 is 1.70 bits per heavy atom. The van der Waals surface area contributed by atoms with E-state index in [1.807, 2.05) is 6.07 Å². The van der Waals surface area contributed by atoms with Crippen LogP contribution in [0.15, 0.2) is 65.6 Å². The molecule has 0 spiro atoms. The first-order chi connectivity index (χ1) is 20.0. The normalized spacial score (nSPS) is 21.8. The molecule has 3 heterocycles. The highest BCUT2D eigenvalue weighted by Gasteiger charge is 2.51. The first-order valence-corrected chi connectivity index (χ1v) is 14.6. The van der Waals surface area contributed by atoms with Gasteiger partial charge in [0, 0.05) is 44.2 Å². The molecule has 2 N–H and O–H groups in total. The number of carbonyl (C=O) groups is 2. The third-order valence-electron chi connectivity index (χ3n) is 7.39. The maximum atomic E-state index is 13.0. The fourth-order valence-corrected chi connectivity index (χ4v) is 6.78. The van der Waals surface area contributed by atoms with Crippen LogP contribution in [0.1, 0.15) is 18.4 Å². The lowest BCUT2D eigenvalue weighted by atomic mass is 9.87. The number of sulfonamides is 1. The van der Waals surface area contributed by atoms with E-state index in [2.05, 4.69) is 40.1 Å². The summed E-state index contributed by atoms with van der Waals surface area (Å²) in [6.45, 7) is 5.65. The number of piperidine rings is 1. The zero-order chi connectivity index (χ0) is 32.0. The highest BCUT2D eigenvalue weighted by molar-refractivity contribution is 7.89. The number of alkyl halides is 6. The van der Waals surface area contributed by atoms with Crippen LogP contribution in [0, 0.1) is 5.92 Å². The Labute approximate surface area is 244 Å². The van der Waals surface area contributed by atoms with Crippen molar-refractivity contribution in [3.63, 3.8) is 0 Å². The number of hydrogen-bond acceptors (Lipinski definition) is 6. The van der Waals surface area contributed by atoms with Crippen LogP contribution in [0.5, 0.6) is 0 Å². The van der Waals surface area contributed by atoms with Crippen molar-refractivity contribution in [2.24, 2.45) is 5.92 Å². The second-order valence-electron chi connectivity index (χ2n) is 10.3. The smallest absolute Gasteiger partial charge is 0.475 e. The van der Waals surface area contributed by atoms with E-state index in [0.717, 1.165) is 26.2 Å². The van der Waals surface area contributed by atoms with Crippen LogP contribution in [0.3, 0.4) is 0 Å². The topological polar surface area (TPSA) is 118 Å². The Morgan fingerprint density at radius 1 is 0.767 bits per heavy atom. The standard InChI is InChI=1S/C23H29N3O2S.2C2HF3O2/c27-29(28,22-9-5-2-6-10-22)25-16-20-17-26(23(20)18-25)21-11-13-24(14-12-21)15-19-7-3-1-4-8-19;2*3-2(4,5)1(6)7/h1-10,20-21,23H,11-18H2;2*(H,6,7). The van der Waals surface area contributed by atoms with Gasteiger partial charge >= 0.3 is 24.3 Å². The number of nitrogens with zero attached hydrogens (tertiary/aromatic N) is 3. The average Bonchev–Trinajstić information content (AvgIpc) is 3.27. The van der Waals surface area contributed by atoms with E-state index >= 15 is 0 Å². The van der Waals surface area contributed by atoms with Gasteiger partial charge in [-0.1, -0.05) is 48.5 Å². The lowest BCUT2D eigenvalue weighted by Gasteiger charge is -2.50. The fraction of sp³-hybridized carbons (Fsp3) is 0.481. The highest BCUT2D eigenvalue weighted by atomic mass is 32.2. The van der Waals surface area contributed by atoms with Crippen LogP contribution in [-0.4, -0.2) is 102 Å². The van der Waals surface area contributed by atoms with Crippen molar-refractivity contribution in [2.45, 2.75) is 48.7 Å². The molecule has 43 heavy (non-hydrogen) atoms. The van der Waals surface area contributed by atoms with Gasteiger partial charge in [0.15, 0.2) is 0 Å². The molecule has 3 aliphatic heterocycles. The number of carboxylic acids is 2. The summed E-state index contributed by atoms with van der Waals surface area (Å²) in [6, 6.07) is 20.6. The van der Waals surface area contributed by atoms with Crippen molar-refractivity contribution >= 4 is 22.0 Å². The minimum atomic E-state index is -5.08. The summed E-state index contributed by atoms with van der Waals surface area (Å²) in [5, 5.41) is 14.2. The lowest BCUT2D eigenvalue weighted by molar-refractivity contribution is -0.193. The van der Waals surface area contributed by atoms with Gasteiger partial charge in [0.05, 0.1) is 4.90 Å². The first kappa shape index (κ1) is 34.3. The Bertz CT molecular complexity index is 1300. The molecular weight excluding hydrogens is 608 g/mol. The van der Waals surface area contributed by atoms with Gasteiger partial charge in [0.1, 0.15) is 0 Å². The summed E-state index contributed by atoms with van der Waals surface area (Å²) in [5.74, 6) is -5.02. The molecule has 0 aromatic heterocycles. The lowest BCUT2D eigenvalue weighted by Crippen LogP contribution is -2.61. The third-order valence-corrected chi connectivity index (χ3v) is 9.23. The summed E-state index contributed by atoms with van der Waals surface area (Å²) in [7, 11) is -3.36. The van der Waals surface area contributed by atoms with Crippen LogP contribution >= 0.6 is 0 Å². The number of hydrogen-bond donors (Lipinski definition) is 2. The van der Waals surface area contributed by atoms with E-state index in [-0.39, 0.29) is 0 Å². The summed E-state index contributed by atoms with van der Waals surface area (Å²) in [6.07, 6.45) is -7.80. The van der Waals surface area contributed by atoms with Crippen molar-refractivity contribution in [3.8, 4) is 0 Å². The molecule has 2 unspecified atom stereocenters. The number of fused-ring (bicyclic) bond motifs is 1. The Morgan fingerprint density at radius 2 is 1.23 bits per heavy atom. The van der Waals surface area contributed by atoms with Crippen molar-refractivity contribution < 1.29 is 54.6 Å². The van der Waals surface area contributed by atoms with Crippen molar-refractivity contribution in [1.82, 2.24) is 14.1 Å². The van der Waals surface area contributed by atoms with Crippen LogP contribution in [0.25, 0.3) is 0 Å². The second kappa shape index (κ2) is 14.1. The number of aliphatic carboxylic acids is 2. The molecular formula is C27H31F6N3O6S. The molecule has 2 aromatic carbocycles. The number of likely N-dealkylation sites (tertiary alicyclic amines) is 2. The van der Waals surface area contributed by atoms with E-state index in [0.29, 0.717) is 36.0 Å². The summed E-state index contributed by atoms with van der Waals surface area (Å²) in [4.78, 5) is 23.3. The maximum Gasteiger partial charge on any atom is 0.490 e. The van der Waals surface area contributed by atoms with Gasteiger partial charge in [0.25, 0.3) is 0 Å². The number of carboxylic acid groups (broad SMARTS) is 2. The van der Waals surface area contributed by atoms with E-state index in [4.69, 9.17) is 19.8 Å². The molecule has 3 fully saturated rings. The molecule has 2 aromatic rings. The molecule has 9 nitrogen and oxygen atoms in total. The monoisotopic (exact) mass is 639 g/mol. The molecule has 238 valence electrons. The molecule has 3 aliphatic rings. The molecule has 2 atom stereocenters. The summed E-state index contributed by atoms with van der Waals surface area (Å²) >= 11 is 0. The number of rotatable bonds is 5. The van der Waals surface area contributed by atoms with Crippen molar-refractivity contribution in [2.75, 3.05) is 32.7 Å². The maximum absolute atomic E-state index is 13.0. The average molecular weight is 640 g/mol. The van der Waals surface area contributed by atoms with Crippen molar-refractivity contribution in [3.05, 3.63) is 66.2 Å². The fourth-order valence-electron chi connectivity index (χ4n) is 5.25. The SMILES string of the molecule is O=C(O)C(F)(F)F.O=C(O)C(F)(F)F.O=S(=O)(c1ccccc1)N1CC2CN(C3CCN(Cc4ccccc4)CC3)C2C1. The Balaban J connectivity index is 0.000000303. The minimum absolute atomic E-state index is 0.402. The van der Waals surface area contributed by atoms with Crippen LogP contribution in [0.2, 0.25) is 0 Å². The molecule has 5 rings (SSSR count). The van der Waals surface area contributed by atoms with Crippen LogP contribution in [0.4, 0.5) is 26.3 Å². The minimum Gasteiger partial charge on any atom is -0.475 e. The molecule has 3 saturated heterocycles. The Kier molecular flexibility index (Phi) is 11.2. The summed E-state index contributed by atoms with van der Waals surface area (Å²) in [5.41, 5.74) is 1.38. The first-order valence-electron chi connectivity index (χ1n) is 13.2. The summed E-state index contributed by atoms with van der Waals surface area (Å²) < 4.78 is 91.1. The molecule has 0 amide bonds. The number of benzene rings is 2. The third kappa shape index (κ3) is 9.39. The van der Waals surface area contributed by atoms with Gasteiger partial charge in [-0.05, 0) is 43.6 Å². The molecule has 0 saturated carbocycles. The largest absolute Gasteiger partial charge is 0.490 e. The predicted molar refractivity (Wildman–Crippen MR) is 141 cm³/mol. The van der Waals surface area contributed by atoms with Gasteiger partial charge in [-0.25, -0.2) is 18.0 Å². The molecule has 16 heteroatoms. The zero-order valence-electron chi connectivity index (χ0n) is 22.7. The van der Waals surface area contributed by atoms with E-state index in [1.54, 1.807) is 28.6 Å². The predicted octanol–water partition coefficient (Wildman–Crippen LogP) is 3.92. The van der Waals surface area contributed by atoms with E-state index < -0.39 is 34.3 Å². The zero-order valence-corrected chi connectivity index (χ0v) is 23.5. The molecule has 0 aliphatic carbocycles. The van der Waals surface area contributed by atoms with Gasteiger partial charge in [0.2, 0.25) is 10.0 Å². The number of halogens is 6. The van der Waals surface area contributed by atoms with Gasteiger partial charge in [-0.2, -0.15) is 30.6 Å². The van der Waals surface area contributed by atoms with Crippen LogP contribution in [-0.2, 0) is 26.2 Å². The molecule has 0 radical (unpaired) electrons. The van der Waals surface area contributed by atoms with E-state index in [1.165, 1.54) is 18.4 Å². The van der Waals surface area contributed by atoms with Gasteiger partial charge in [-0.15, -0.1) is 0 Å². The Hall–Kier alpha value is -3.21.